The summed E-state index contributed by atoms with van der Waals surface area (Å²) in [6, 6.07) is 11.4. The highest BCUT2D eigenvalue weighted by Crippen LogP contribution is 2.28. The lowest BCUT2D eigenvalue weighted by Crippen LogP contribution is -2.49. The summed E-state index contributed by atoms with van der Waals surface area (Å²) in [6.45, 7) is 4.07. The van der Waals surface area contributed by atoms with Crippen molar-refractivity contribution in [1.82, 2.24) is 10.2 Å². The Balaban J connectivity index is 2.21. The standard InChI is InChI=1S/C23H28Cl2N2O4/c1-4-5-13-26-23(29)16(2)27(14-17-18(24)9-8-10-19(17)25)22(28)15-31-21-12-7-6-11-20(21)30-3/h6-12,16H,4-5,13-15H2,1-3H3,(H,26,29)/t16-/m0/s1. The maximum atomic E-state index is 13.1. The quantitative estimate of drug-likeness (QED) is 0.486. The lowest BCUT2D eigenvalue weighted by atomic mass is 10.1. The molecule has 8 heteroatoms. The Labute approximate surface area is 193 Å². The van der Waals surface area contributed by atoms with Gasteiger partial charge in [-0.05, 0) is 37.6 Å². The number of carbonyl (C=O) groups is 2. The van der Waals surface area contributed by atoms with Crippen molar-refractivity contribution in [2.24, 2.45) is 0 Å². The van der Waals surface area contributed by atoms with Crippen molar-refractivity contribution in [3.63, 3.8) is 0 Å². The van der Waals surface area contributed by atoms with Crippen LogP contribution in [0.1, 0.15) is 32.3 Å². The zero-order valence-electron chi connectivity index (χ0n) is 18.0. The molecule has 0 spiro atoms. The van der Waals surface area contributed by atoms with Crippen LogP contribution in [0.2, 0.25) is 10.0 Å². The number of ether oxygens (including phenoxy) is 2. The van der Waals surface area contributed by atoms with Crippen LogP contribution in [-0.2, 0) is 16.1 Å². The van der Waals surface area contributed by atoms with Crippen LogP contribution in [0, 0.1) is 0 Å². The number of carbonyl (C=O) groups excluding carboxylic acids is 2. The van der Waals surface area contributed by atoms with E-state index in [2.05, 4.69) is 5.32 Å². The molecule has 2 aromatic rings. The second kappa shape index (κ2) is 12.4. The molecule has 0 aliphatic rings. The minimum Gasteiger partial charge on any atom is -0.493 e. The van der Waals surface area contributed by atoms with Crippen LogP contribution < -0.4 is 14.8 Å². The smallest absolute Gasteiger partial charge is 0.261 e. The molecule has 0 saturated carbocycles. The van der Waals surface area contributed by atoms with Gasteiger partial charge >= 0.3 is 0 Å². The molecule has 6 nitrogen and oxygen atoms in total. The van der Waals surface area contributed by atoms with Crippen molar-refractivity contribution in [2.45, 2.75) is 39.3 Å². The second-order valence-electron chi connectivity index (χ2n) is 6.98. The first kappa shape index (κ1) is 24.8. The van der Waals surface area contributed by atoms with Crippen LogP contribution in [0.3, 0.4) is 0 Å². The van der Waals surface area contributed by atoms with E-state index >= 15 is 0 Å². The summed E-state index contributed by atoms with van der Waals surface area (Å²) in [5.74, 6) is 0.331. The van der Waals surface area contributed by atoms with Gasteiger partial charge in [-0.2, -0.15) is 0 Å². The number of unbranched alkanes of at least 4 members (excludes halogenated alkanes) is 1. The van der Waals surface area contributed by atoms with Crippen LogP contribution in [0.15, 0.2) is 42.5 Å². The van der Waals surface area contributed by atoms with Crippen molar-refractivity contribution in [1.29, 1.82) is 0 Å². The average molecular weight is 467 g/mol. The molecule has 31 heavy (non-hydrogen) atoms. The molecule has 0 aliphatic heterocycles. The van der Waals surface area contributed by atoms with Gasteiger partial charge in [-0.1, -0.05) is 54.7 Å². The van der Waals surface area contributed by atoms with Crippen LogP contribution in [0.4, 0.5) is 0 Å². The van der Waals surface area contributed by atoms with Gasteiger partial charge in [-0.15, -0.1) is 0 Å². The predicted octanol–water partition coefficient (Wildman–Crippen LogP) is 4.71. The minimum atomic E-state index is -0.738. The van der Waals surface area contributed by atoms with E-state index in [9.17, 15) is 9.59 Å². The van der Waals surface area contributed by atoms with Gasteiger partial charge in [-0.25, -0.2) is 0 Å². The van der Waals surface area contributed by atoms with Crippen molar-refractivity contribution in [3.05, 3.63) is 58.1 Å². The Morgan fingerprint density at radius 3 is 2.32 bits per heavy atom. The van der Waals surface area contributed by atoms with Crippen LogP contribution in [-0.4, -0.2) is 43.0 Å². The van der Waals surface area contributed by atoms with Gasteiger partial charge in [0.2, 0.25) is 5.91 Å². The average Bonchev–Trinajstić information content (AvgIpc) is 2.77. The van der Waals surface area contributed by atoms with Crippen LogP contribution in [0.5, 0.6) is 11.5 Å². The maximum Gasteiger partial charge on any atom is 0.261 e. The molecule has 0 fully saturated rings. The third-order valence-corrected chi connectivity index (χ3v) is 5.52. The van der Waals surface area contributed by atoms with Gasteiger partial charge in [-0.3, -0.25) is 9.59 Å². The molecule has 168 valence electrons. The Hall–Kier alpha value is -2.44. The highest BCUT2D eigenvalue weighted by Gasteiger charge is 2.28. The molecule has 2 rings (SSSR count). The number of nitrogens with one attached hydrogen (secondary N) is 1. The number of methoxy groups -OCH3 is 1. The number of benzene rings is 2. The summed E-state index contributed by atoms with van der Waals surface area (Å²) < 4.78 is 10.9. The van der Waals surface area contributed by atoms with Gasteiger partial charge in [0, 0.05) is 28.7 Å². The molecule has 0 aromatic heterocycles. The zero-order chi connectivity index (χ0) is 22.8. The van der Waals surface area contributed by atoms with E-state index in [0.29, 0.717) is 33.7 Å². The van der Waals surface area contributed by atoms with Gasteiger partial charge in [0.15, 0.2) is 18.1 Å². The molecule has 0 aliphatic carbocycles. The van der Waals surface area contributed by atoms with E-state index in [0.717, 1.165) is 12.8 Å². The fourth-order valence-corrected chi connectivity index (χ4v) is 3.45. The number of halogens is 2. The number of amides is 2. The van der Waals surface area contributed by atoms with Crippen LogP contribution >= 0.6 is 23.2 Å². The predicted molar refractivity (Wildman–Crippen MR) is 123 cm³/mol. The van der Waals surface area contributed by atoms with E-state index in [1.54, 1.807) is 43.3 Å². The number of para-hydroxylation sites is 2. The molecule has 0 heterocycles. The lowest BCUT2D eigenvalue weighted by molar-refractivity contribution is -0.142. The van der Waals surface area contributed by atoms with E-state index in [4.69, 9.17) is 32.7 Å². The summed E-state index contributed by atoms with van der Waals surface area (Å²) in [6.07, 6.45) is 1.82. The normalized spacial score (nSPS) is 11.5. The molecule has 0 saturated heterocycles. The van der Waals surface area contributed by atoms with E-state index < -0.39 is 6.04 Å². The van der Waals surface area contributed by atoms with Gasteiger partial charge in [0.25, 0.3) is 5.91 Å². The molecular weight excluding hydrogens is 439 g/mol. The highest BCUT2D eigenvalue weighted by atomic mass is 35.5. The lowest BCUT2D eigenvalue weighted by Gasteiger charge is -2.29. The summed E-state index contributed by atoms with van der Waals surface area (Å²) >= 11 is 12.6. The number of nitrogens with zero attached hydrogens (tertiary/aromatic N) is 1. The van der Waals surface area contributed by atoms with E-state index in [-0.39, 0.29) is 25.0 Å². The van der Waals surface area contributed by atoms with Crippen molar-refractivity contribution >= 4 is 35.0 Å². The molecule has 0 radical (unpaired) electrons. The van der Waals surface area contributed by atoms with Gasteiger partial charge in [0.1, 0.15) is 6.04 Å². The summed E-state index contributed by atoms with van der Waals surface area (Å²) in [4.78, 5) is 27.2. The third kappa shape index (κ3) is 7.04. The van der Waals surface area contributed by atoms with Crippen molar-refractivity contribution in [3.8, 4) is 11.5 Å². The minimum absolute atomic E-state index is 0.0784. The summed E-state index contributed by atoms with van der Waals surface area (Å²) in [5, 5.41) is 3.72. The zero-order valence-corrected chi connectivity index (χ0v) is 19.5. The molecular formula is C23H28Cl2N2O4. The van der Waals surface area contributed by atoms with E-state index in [1.165, 1.54) is 12.0 Å². The van der Waals surface area contributed by atoms with Gasteiger partial charge < -0.3 is 19.7 Å². The first-order chi connectivity index (χ1) is 14.9. The molecule has 2 amide bonds. The van der Waals surface area contributed by atoms with E-state index in [1.807, 2.05) is 13.0 Å². The Morgan fingerprint density at radius 1 is 1.06 bits per heavy atom. The topological polar surface area (TPSA) is 67.9 Å². The number of rotatable bonds is 11. The Kier molecular flexibility index (Phi) is 9.95. The molecule has 0 bridgehead atoms. The third-order valence-electron chi connectivity index (χ3n) is 4.81. The van der Waals surface area contributed by atoms with Crippen molar-refractivity contribution in [2.75, 3.05) is 20.3 Å². The largest absolute Gasteiger partial charge is 0.493 e. The molecule has 0 unspecified atom stereocenters. The first-order valence-electron chi connectivity index (χ1n) is 10.1. The second-order valence-corrected chi connectivity index (χ2v) is 7.80. The van der Waals surface area contributed by atoms with Crippen LogP contribution in [0.25, 0.3) is 0 Å². The molecule has 1 atom stereocenters. The van der Waals surface area contributed by atoms with Gasteiger partial charge in [0.05, 0.1) is 7.11 Å². The SMILES string of the molecule is CCCCNC(=O)[C@H](C)N(Cc1c(Cl)cccc1Cl)C(=O)COc1ccccc1OC. The summed E-state index contributed by atoms with van der Waals surface area (Å²) in [5.41, 5.74) is 0.574. The first-order valence-corrected chi connectivity index (χ1v) is 10.9. The Morgan fingerprint density at radius 2 is 1.71 bits per heavy atom. The Bertz CT molecular complexity index is 871. The highest BCUT2D eigenvalue weighted by molar-refractivity contribution is 6.36. The molecule has 1 N–H and O–H groups in total. The molecule has 2 aromatic carbocycles. The van der Waals surface area contributed by atoms with Crippen molar-refractivity contribution < 1.29 is 19.1 Å². The number of hydrogen-bond acceptors (Lipinski definition) is 4. The summed E-state index contributed by atoms with van der Waals surface area (Å²) in [7, 11) is 1.53. The monoisotopic (exact) mass is 466 g/mol. The fraction of sp³-hybridized carbons (Fsp3) is 0.391. The number of hydrogen-bond donors (Lipinski definition) is 1. The maximum absolute atomic E-state index is 13.1. The fourth-order valence-electron chi connectivity index (χ4n) is 2.93.